The molecule has 5 aromatic rings. The first-order valence-electron chi connectivity index (χ1n) is 15.4. The topological polar surface area (TPSA) is 144 Å². The molecule has 0 unspecified atom stereocenters. The molecule has 0 saturated heterocycles. The molecule has 1 aromatic heterocycles. The van der Waals surface area contributed by atoms with E-state index in [-0.39, 0.29) is 17.7 Å². The van der Waals surface area contributed by atoms with Crippen LogP contribution in [0.1, 0.15) is 36.7 Å². The van der Waals surface area contributed by atoms with Crippen molar-refractivity contribution in [3.05, 3.63) is 90.1 Å². The number of urea groups is 1. The van der Waals surface area contributed by atoms with Crippen molar-refractivity contribution in [2.45, 2.75) is 26.2 Å². The minimum atomic E-state index is -2.74. The van der Waals surface area contributed by atoms with E-state index in [1.54, 1.807) is 43.8 Å². The van der Waals surface area contributed by atoms with Crippen molar-refractivity contribution in [3.63, 3.8) is 0 Å². The molecule has 246 valence electrons. The van der Waals surface area contributed by atoms with Crippen molar-refractivity contribution in [1.82, 2.24) is 9.97 Å². The average molecular weight is 665 g/mol. The molecule has 48 heavy (non-hydrogen) atoms. The van der Waals surface area contributed by atoms with E-state index in [9.17, 15) is 14.2 Å². The molecule has 2 heterocycles. The third-order valence-electron chi connectivity index (χ3n) is 7.96. The van der Waals surface area contributed by atoms with E-state index in [1.165, 1.54) is 7.11 Å². The van der Waals surface area contributed by atoms with E-state index in [0.717, 1.165) is 22.0 Å². The Bertz CT molecular complexity index is 2120. The first-order valence-corrected chi connectivity index (χ1v) is 18.0. The molecule has 0 aliphatic carbocycles. The lowest BCUT2D eigenvalue weighted by atomic mass is 9.86. The zero-order chi connectivity index (χ0) is 34.2. The van der Waals surface area contributed by atoms with Gasteiger partial charge in [0.25, 0.3) is 0 Å². The highest BCUT2D eigenvalue weighted by molar-refractivity contribution is 7.70. The maximum absolute atomic E-state index is 13.4. The van der Waals surface area contributed by atoms with Crippen LogP contribution in [0.2, 0.25) is 0 Å². The van der Waals surface area contributed by atoms with Gasteiger partial charge in [-0.25, -0.2) is 9.78 Å². The molecular formula is C36H37N6O5P. The van der Waals surface area contributed by atoms with Gasteiger partial charge in [0.2, 0.25) is 11.8 Å². The van der Waals surface area contributed by atoms with Gasteiger partial charge in [-0.2, -0.15) is 4.98 Å². The summed E-state index contributed by atoms with van der Waals surface area (Å²) in [6.45, 7) is 9.83. The van der Waals surface area contributed by atoms with Crippen molar-refractivity contribution < 1.29 is 23.6 Å². The molecule has 6 rings (SSSR count). The molecule has 11 nitrogen and oxygen atoms in total. The molecule has 0 saturated carbocycles. The van der Waals surface area contributed by atoms with E-state index in [2.05, 4.69) is 52.0 Å². The summed E-state index contributed by atoms with van der Waals surface area (Å²) in [6, 6.07) is 21.4. The highest BCUT2D eigenvalue weighted by Gasteiger charge is 2.26. The Morgan fingerprint density at radius 2 is 1.69 bits per heavy atom. The van der Waals surface area contributed by atoms with E-state index >= 15 is 0 Å². The van der Waals surface area contributed by atoms with Gasteiger partial charge in [-0.05, 0) is 66.8 Å². The number of nitrogens with zero attached hydrogens (tertiary/aromatic N) is 2. The lowest BCUT2D eigenvalue weighted by molar-refractivity contribution is 0.101. The van der Waals surface area contributed by atoms with Crippen LogP contribution < -0.4 is 36.0 Å². The van der Waals surface area contributed by atoms with Crippen LogP contribution in [-0.4, -0.2) is 48.8 Å². The van der Waals surface area contributed by atoms with Crippen molar-refractivity contribution in [2.75, 3.05) is 48.3 Å². The number of ketones is 1. The molecular weight excluding hydrogens is 627 g/mol. The quantitative estimate of drug-likeness (QED) is 0.121. The Morgan fingerprint density at radius 3 is 2.42 bits per heavy atom. The lowest BCUT2D eigenvalue weighted by Crippen LogP contribution is -2.23. The van der Waals surface area contributed by atoms with Gasteiger partial charge in [-0.15, -0.1) is 0 Å². The predicted octanol–water partition coefficient (Wildman–Crippen LogP) is 7.97. The molecule has 0 radical (unpaired) electrons. The second kappa shape index (κ2) is 12.7. The largest absolute Gasteiger partial charge is 0.494 e. The Morgan fingerprint density at radius 1 is 0.938 bits per heavy atom. The summed E-state index contributed by atoms with van der Waals surface area (Å²) in [7, 11) is -1.23. The molecule has 4 N–H and O–H groups in total. The maximum Gasteiger partial charge on any atom is 0.323 e. The van der Waals surface area contributed by atoms with Gasteiger partial charge in [0.05, 0.1) is 30.3 Å². The number of ether oxygens (including phenoxy) is 2. The van der Waals surface area contributed by atoms with Gasteiger partial charge in [-0.1, -0.05) is 45.0 Å². The van der Waals surface area contributed by atoms with E-state index < -0.39 is 13.2 Å². The van der Waals surface area contributed by atoms with Gasteiger partial charge in [0.1, 0.15) is 12.9 Å². The molecule has 1 aliphatic rings. The highest BCUT2D eigenvalue weighted by Crippen LogP contribution is 2.43. The summed E-state index contributed by atoms with van der Waals surface area (Å²) in [5, 5.41) is 14.2. The van der Waals surface area contributed by atoms with Gasteiger partial charge in [0.15, 0.2) is 11.5 Å². The smallest absolute Gasteiger partial charge is 0.323 e. The zero-order valence-corrected chi connectivity index (χ0v) is 28.5. The third-order valence-corrected chi connectivity index (χ3v) is 9.45. The fourth-order valence-electron chi connectivity index (χ4n) is 5.48. The molecule has 12 heteroatoms. The molecule has 1 aliphatic heterocycles. The summed E-state index contributed by atoms with van der Waals surface area (Å²) < 4.78 is 25.1. The molecule has 0 atom stereocenters. The average Bonchev–Trinajstić information content (AvgIpc) is 3.40. The van der Waals surface area contributed by atoms with Crippen LogP contribution in [0.4, 0.5) is 33.5 Å². The summed E-state index contributed by atoms with van der Waals surface area (Å²) in [5.41, 5.74) is 3.77. The number of Topliss-reactive ketones (excluding diaryl/α,β-unsaturated/α-hetero) is 1. The van der Waals surface area contributed by atoms with E-state index in [0.29, 0.717) is 51.3 Å². The maximum atomic E-state index is 13.4. The van der Waals surface area contributed by atoms with Crippen LogP contribution in [0.25, 0.3) is 10.8 Å². The van der Waals surface area contributed by atoms with E-state index in [1.807, 2.05) is 48.5 Å². The van der Waals surface area contributed by atoms with Gasteiger partial charge >= 0.3 is 6.03 Å². The number of rotatable bonds is 8. The van der Waals surface area contributed by atoms with Crippen LogP contribution in [0.5, 0.6) is 17.4 Å². The number of amides is 2. The Labute approximate surface area is 278 Å². The number of methoxy groups -OCH3 is 1. The summed E-state index contributed by atoms with van der Waals surface area (Å²) in [5.74, 6) is 1.55. The molecule has 4 aromatic carbocycles. The van der Waals surface area contributed by atoms with E-state index in [4.69, 9.17) is 9.47 Å². The predicted molar refractivity (Wildman–Crippen MR) is 192 cm³/mol. The minimum Gasteiger partial charge on any atom is -0.494 e. The highest BCUT2D eigenvalue weighted by atomic mass is 31.2. The fourth-order valence-corrected chi connectivity index (χ4v) is 6.63. The Kier molecular flexibility index (Phi) is 8.57. The number of anilines is 5. The van der Waals surface area contributed by atoms with Gasteiger partial charge in [-0.3, -0.25) is 4.79 Å². The monoisotopic (exact) mass is 664 g/mol. The molecule has 2 amide bonds. The van der Waals surface area contributed by atoms with Gasteiger partial charge in [0, 0.05) is 40.0 Å². The molecule has 0 fully saturated rings. The first-order chi connectivity index (χ1) is 22.8. The molecule has 0 bridgehead atoms. The second-order valence-electron chi connectivity index (χ2n) is 12.9. The fraction of sp³-hybridized carbons (Fsp3) is 0.222. The lowest BCUT2D eigenvalue weighted by Gasteiger charge is -2.25. The summed E-state index contributed by atoms with van der Waals surface area (Å²) in [4.78, 5) is 34.4. The number of fused-ring (bicyclic) bond motifs is 2. The van der Waals surface area contributed by atoms with Crippen molar-refractivity contribution in [2.24, 2.45) is 0 Å². The SMILES string of the molecule is COc1c(NC(=O)Nc2ccc(Oc3ccnc(Nc4ccc5c(c4)C(=O)CN5)n3)c3ccccc23)cc(C(C)(C)C)cc1P(C)(C)=O. The number of benzene rings is 4. The number of aromatic nitrogens is 2. The van der Waals surface area contributed by atoms with Crippen molar-refractivity contribution in [3.8, 4) is 17.4 Å². The molecule has 0 spiro atoms. The van der Waals surface area contributed by atoms with Crippen LogP contribution in [0.3, 0.4) is 0 Å². The van der Waals surface area contributed by atoms with Crippen molar-refractivity contribution in [1.29, 1.82) is 0 Å². The second-order valence-corrected chi connectivity index (χ2v) is 16.1. The minimum absolute atomic E-state index is 0.0297. The standard InChI is InChI=1S/C36H37N6O5P/c1-36(2,3)21-17-28(33(46-4)31(18-21)48(5,6)45)41-35(44)40-27-13-14-30(24-10-8-7-9-23(24)27)47-32-15-16-37-34(42-32)39-22-11-12-26-25(19-22)29(43)20-38-26/h7-19,38H,20H2,1-6H3,(H,37,39,42)(H2,40,41,44). The van der Waals surface area contributed by atoms with Crippen LogP contribution >= 0.6 is 7.14 Å². The van der Waals surface area contributed by atoms with Crippen LogP contribution in [-0.2, 0) is 9.98 Å². The first kappa shape index (κ1) is 32.5. The Hall–Kier alpha value is -5.41. The number of hydrogen-bond acceptors (Lipinski definition) is 9. The third kappa shape index (κ3) is 6.82. The summed E-state index contributed by atoms with van der Waals surface area (Å²) in [6.07, 6.45) is 1.58. The summed E-state index contributed by atoms with van der Waals surface area (Å²) >= 11 is 0. The number of carbonyl (C=O) groups is 2. The number of nitrogens with one attached hydrogen (secondary N) is 4. The Balaban J connectivity index is 1.24. The number of carbonyl (C=O) groups excluding carboxylic acids is 2. The normalized spacial score (nSPS) is 12.7. The van der Waals surface area contributed by atoms with Crippen LogP contribution in [0, 0.1) is 0 Å². The van der Waals surface area contributed by atoms with Gasteiger partial charge < -0.3 is 35.3 Å². The number of hydrogen-bond donors (Lipinski definition) is 4. The van der Waals surface area contributed by atoms with Crippen LogP contribution in [0.15, 0.2) is 79.0 Å². The van der Waals surface area contributed by atoms with Crippen molar-refractivity contribution >= 4 is 63.7 Å². The zero-order valence-electron chi connectivity index (χ0n) is 27.6.